The third-order valence-electron chi connectivity index (χ3n) is 4.80. The van der Waals surface area contributed by atoms with Gasteiger partial charge in [0.2, 0.25) is 5.91 Å². The molecule has 1 aliphatic rings. The Hall–Kier alpha value is -2.53. The highest BCUT2D eigenvalue weighted by Gasteiger charge is 2.16. The Kier molecular flexibility index (Phi) is 6.12. The van der Waals surface area contributed by atoms with Crippen LogP contribution in [0, 0.1) is 0 Å². The van der Waals surface area contributed by atoms with Gasteiger partial charge in [-0.2, -0.15) is 0 Å². The van der Waals surface area contributed by atoms with Gasteiger partial charge in [-0.1, -0.05) is 30.3 Å². The van der Waals surface area contributed by atoms with Crippen molar-refractivity contribution in [1.82, 2.24) is 10.2 Å². The van der Waals surface area contributed by atoms with Gasteiger partial charge in [-0.05, 0) is 35.2 Å². The van der Waals surface area contributed by atoms with Crippen LogP contribution in [0.2, 0.25) is 0 Å². The van der Waals surface area contributed by atoms with Crippen LogP contribution in [0.15, 0.2) is 42.5 Å². The molecular formula is C21H26N2O3. The van der Waals surface area contributed by atoms with E-state index in [1.807, 2.05) is 18.2 Å². The lowest BCUT2D eigenvalue weighted by Gasteiger charge is -2.28. The summed E-state index contributed by atoms with van der Waals surface area (Å²) in [6.45, 7) is 3.22. The maximum atomic E-state index is 12.2. The Bertz CT molecular complexity index is 761. The number of carbonyl (C=O) groups excluding carboxylic acids is 1. The first-order chi connectivity index (χ1) is 12.7. The highest BCUT2D eigenvalue weighted by Crippen LogP contribution is 2.27. The molecule has 0 atom stereocenters. The minimum absolute atomic E-state index is 0.0682. The number of carbonyl (C=O) groups is 1. The van der Waals surface area contributed by atoms with Crippen LogP contribution in [0.4, 0.5) is 0 Å². The van der Waals surface area contributed by atoms with Crippen LogP contribution in [-0.4, -0.2) is 38.1 Å². The van der Waals surface area contributed by atoms with E-state index in [2.05, 4.69) is 34.5 Å². The third kappa shape index (κ3) is 4.55. The summed E-state index contributed by atoms with van der Waals surface area (Å²) in [5, 5.41) is 2.98. The fourth-order valence-corrected chi connectivity index (χ4v) is 3.28. The summed E-state index contributed by atoms with van der Waals surface area (Å²) >= 11 is 0. The van der Waals surface area contributed by atoms with Crippen molar-refractivity contribution in [1.29, 1.82) is 0 Å². The molecule has 0 aliphatic carbocycles. The molecule has 0 aromatic heterocycles. The van der Waals surface area contributed by atoms with E-state index in [9.17, 15) is 4.79 Å². The van der Waals surface area contributed by atoms with Crippen molar-refractivity contribution >= 4 is 5.91 Å². The molecule has 2 aromatic rings. The quantitative estimate of drug-likeness (QED) is 0.831. The SMILES string of the molecule is COc1ccc(CNC(=O)CCN2CCc3ccccc3C2)cc1OC. The van der Waals surface area contributed by atoms with Crippen molar-refractivity contribution < 1.29 is 14.3 Å². The summed E-state index contributed by atoms with van der Waals surface area (Å²) in [6.07, 6.45) is 1.57. The van der Waals surface area contributed by atoms with Crippen molar-refractivity contribution in [3.8, 4) is 11.5 Å². The average molecular weight is 354 g/mol. The van der Waals surface area contributed by atoms with Gasteiger partial charge in [0.25, 0.3) is 0 Å². The van der Waals surface area contributed by atoms with Gasteiger partial charge in [0.15, 0.2) is 11.5 Å². The zero-order valence-electron chi connectivity index (χ0n) is 15.5. The van der Waals surface area contributed by atoms with E-state index in [1.165, 1.54) is 11.1 Å². The molecular weight excluding hydrogens is 328 g/mol. The molecule has 0 saturated carbocycles. The molecule has 0 saturated heterocycles. The summed E-state index contributed by atoms with van der Waals surface area (Å²) in [5.41, 5.74) is 3.80. The van der Waals surface area contributed by atoms with Crippen molar-refractivity contribution in [2.24, 2.45) is 0 Å². The first-order valence-corrected chi connectivity index (χ1v) is 8.96. The molecule has 1 amide bonds. The third-order valence-corrected chi connectivity index (χ3v) is 4.80. The van der Waals surface area contributed by atoms with Crippen LogP contribution in [-0.2, 0) is 24.3 Å². The summed E-state index contributed by atoms with van der Waals surface area (Å²) in [4.78, 5) is 14.5. The van der Waals surface area contributed by atoms with E-state index >= 15 is 0 Å². The zero-order chi connectivity index (χ0) is 18.4. The van der Waals surface area contributed by atoms with Gasteiger partial charge in [-0.15, -0.1) is 0 Å². The topological polar surface area (TPSA) is 50.8 Å². The normalized spacial score (nSPS) is 13.8. The number of ether oxygens (including phenoxy) is 2. The minimum Gasteiger partial charge on any atom is -0.493 e. The van der Waals surface area contributed by atoms with Crippen LogP contribution in [0.1, 0.15) is 23.1 Å². The molecule has 5 nitrogen and oxygen atoms in total. The number of benzene rings is 2. The maximum absolute atomic E-state index is 12.2. The molecule has 5 heteroatoms. The Morgan fingerprint density at radius 3 is 2.62 bits per heavy atom. The molecule has 1 N–H and O–H groups in total. The van der Waals surface area contributed by atoms with Crippen LogP contribution in [0.5, 0.6) is 11.5 Å². The Balaban J connectivity index is 1.45. The molecule has 0 unspecified atom stereocenters. The first kappa shape index (κ1) is 18.3. The highest BCUT2D eigenvalue weighted by molar-refractivity contribution is 5.76. The van der Waals surface area contributed by atoms with Crippen molar-refractivity contribution in [3.63, 3.8) is 0 Å². The second-order valence-corrected chi connectivity index (χ2v) is 6.51. The van der Waals surface area contributed by atoms with Gasteiger partial charge in [0.05, 0.1) is 14.2 Å². The number of rotatable bonds is 7. The average Bonchev–Trinajstić information content (AvgIpc) is 2.70. The van der Waals surface area contributed by atoms with E-state index in [1.54, 1.807) is 14.2 Å². The summed E-state index contributed by atoms with van der Waals surface area (Å²) in [6, 6.07) is 14.2. The standard InChI is InChI=1S/C21H26N2O3/c1-25-19-8-7-16(13-20(19)26-2)14-22-21(24)10-12-23-11-9-17-5-3-4-6-18(17)15-23/h3-8,13H,9-12,14-15H2,1-2H3,(H,22,24). The number of nitrogens with one attached hydrogen (secondary N) is 1. The largest absolute Gasteiger partial charge is 0.493 e. The molecule has 0 spiro atoms. The van der Waals surface area contributed by atoms with Gasteiger partial charge in [-0.3, -0.25) is 9.69 Å². The number of hydrogen-bond acceptors (Lipinski definition) is 4. The lowest BCUT2D eigenvalue weighted by molar-refractivity contribution is -0.121. The van der Waals surface area contributed by atoms with Crippen molar-refractivity contribution in [3.05, 3.63) is 59.2 Å². The molecule has 1 aliphatic heterocycles. The summed E-state index contributed by atoms with van der Waals surface area (Å²) in [5.74, 6) is 1.43. The van der Waals surface area contributed by atoms with Gasteiger partial charge in [0.1, 0.15) is 0 Å². The summed E-state index contributed by atoms with van der Waals surface area (Å²) in [7, 11) is 3.22. The van der Waals surface area contributed by atoms with E-state index in [-0.39, 0.29) is 5.91 Å². The van der Waals surface area contributed by atoms with Gasteiger partial charge >= 0.3 is 0 Å². The smallest absolute Gasteiger partial charge is 0.221 e. The minimum atomic E-state index is 0.0682. The molecule has 1 heterocycles. The number of nitrogens with zero attached hydrogens (tertiary/aromatic N) is 1. The lowest BCUT2D eigenvalue weighted by Crippen LogP contribution is -2.34. The van der Waals surface area contributed by atoms with E-state index in [0.29, 0.717) is 24.5 Å². The second-order valence-electron chi connectivity index (χ2n) is 6.51. The van der Waals surface area contributed by atoms with Gasteiger partial charge in [0, 0.05) is 32.6 Å². The Morgan fingerprint density at radius 1 is 1.08 bits per heavy atom. The number of amides is 1. The fourth-order valence-electron chi connectivity index (χ4n) is 3.28. The molecule has 2 aromatic carbocycles. The Morgan fingerprint density at radius 2 is 1.85 bits per heavy atom. The number of methoxy groups -OCH3 is 2. The molecule has 26 heavy (non-hydrogen) atoms. The Labute approximate surface area is 154 Å². The summed E-state index contributed by atoms with van der Waals surface area (Å²) < 4.78 is 10.5. The molecule has 0 radical (unpaired) electrons. The predicted octanol–water partition coefficient (Wildman–Crippen LogP) is 2.77. The maximum Gasteiger partial charge on any atom is 0.221 e. The molecule has 0 fully saturated rings. The number of fused-ring (bicyclic) bond motifs is 1. The fraction of sp³-hybridized carbons (Fsp3) is 0.381. The van der Waals surface area contributed by atoms with Crippen LogP contribution in [0.3, 0.4) is 0 Å². The predicted molar refractivity (Wildman–Crippen MR) is 101 cm³/mol. The first-order valence-electron chi connectivity index (χ1n) is 8.96. The van der Waals surface area contributed by atoms with Crippen LogP contribution in [0.25, 0.3) is 0 Å². The monoisotopic (exact) mass is 354 g/mol. The molecule has 3 rings (SSSR count). The van der Waals surface area contributed by atoms with Crippen LogP contribution >= 0.6 is 0 Å². The van der Waals surface area contributed by atoms with Crippen molar-refractivity contribution in [2.75, 3.05) is 27.3 Å². The van der Waals surface area contributed by atoms with E-state index in [4.69, 9.17) is 9.47 Å². The van der Waals surface area contributed by atoms with Crippen LogP contribution < -0.4 is 14.8 Å². The van der Waals surface area contributed by atoms with Gasteiger partial charge in [-0.25, -0.2) is 0 Å². The molecule has 138 valence electrons. The zero-order valence-corrected chi connectivity index (χ0v) is 15.5. The van der Waals surface area contributed by atoms with Gasteiger partial charge < -0.3 is 14.8 Å². The molecule has 0 bridgehead atoms. The lowest BCUT2D eigenvalue weighted by atomic mass is 10.00. The van der Waals surface area contributed by atoms with Crippen molar-refractivity contribution in [2.45, 2.75) is 25.9 Å². The van der Waals surface area contributed by atoms with E-state index < -0.39 is 0 Å². The second kappa shape index (κ2) is 8.72. The van der Waals surface area contributed by atoms with E-state index in [0.717, 1.165) is 31.6 Å². The highest BCUT2D eigenvalue weighted by atomic mass is 16.5. The number of hydrogen-bond donors (Lipinski definition) is 1.